The van der Waals surface area contributed by atoms with Crippen LogP contribution in [0.1, 0.15) is 76.1 Å². The highest BCUT2D eigenvalue weighted by Gasteiger charge is 2.39. The van der Waals surface area contributed by atoms with Crippen molar-refractivity contribution >= 4 is 35.7 Å². The van der Waals surface area contributed by atoms with E-state index in [2.05, 4.69) is 10.4 Å². The number of hydrogen-bond acceptors (Lipinski definition) is 6. The van der Waals surface area contributed by atoms with Gasteiger partial charge in [0.05, 0.1) is 24.2 Å². The van der Waals surface area contributed by atoms with Gasteiger partial charge in [-0.15, -0.1) is 0 Å². The zero-order valence-corrected chi connectivity index (χ0v) is 24.5. The summed E-state index contributed by atoms with van der Waals surface area (Å²) < 4.78 is 1.45. The van der Waals surface area contributed by atoms with Crippen molar-refractivity contribution in [3.05, 3.63) is 16.9 Å². The summed E-state index contributed by atoms with van der Waals surface area (Å²) in [6, 6.07) is -0.886. The first-order valence-electron chi connectivity index (χ1n) is 13.8. The molecule has 1 saturated heterocycles. The molecule has 1 aliphatic carbocycles. The summed E-state index contributed by atoms with van der Waals surface area (Å²) in [6.07, 6.45) is 7.79. The third kappa shape index (κ3) is 7.72. The predicted molar refractivity (Wildman–Crippen MR) is 146 cm³/mol. The molecule has 0 radical (unpaired) electrons. The second-order valence-corrected chi connectivity index (χ2v) is 12.4. The van der Waals surface area contributed by atoms with Gasteiger partial charge in [-0.2, -0.15) is 5.10 Å². The Bertz CT molecular complexity index is 1030. The average molecular weight is 567 g/mol. The van der Waals surface area contributed by atoms with E-state index in [1.165, 1.54) is 10.9 Å². The molecule has 39 heavy (non-hydrogen) atoms. The quantitative estimate of drug-likeness (QED) is 0.255. The van der Waals surface area contributed by atoms with Gasteiger partial charge in [0.25, 0.3) is 5.91 Å². The van der Waals surface area contributed by atoms with Crippen LogP contribution in [0.25, 0.3) is 0 Å². The average Bonchev–Trinajstić information content (AvgIpc) is 3.54. The topological polar surface area (TPSA) is 128 Å². The smallest absolute Gasteiger partial charge is 0.258 e. The van der Waals surface area contributed by atoms with Crippen molar-refractivity contribution in [2.75, 3.05) is 26.7 Å². The normalized spacial score (nSPS) is 18.5. The molecule has 0 spiro atoms. The molecule has 2 atom stereocenters. The molecule has 218 valence electrons. The molecule has 12 heteroatoms. The van der Waals surface area contributed by atoms with Gasteiger partial charge in [-0.1, -0.05) is 58.1 Å². The monoisotopic (exact) mass is 566 g/mol. The van der Waals surface area contributed by atoms with Crippen LogP contribution in [-0.4, -0.2) is 92.7 Å². The number of likely N-dealkylation sites (tertiary alicyclic amines) is 1. The maximum Gasteiger partial charge on any atom is 0.258 e. The minimum Gasteiger partial charge on any atom is -0.344 e. The number of rotatable bonds is 10. The second-order valence-electron chi connectivity index (χ2n) is 12.1. The molecule has 11 nitrogen and oxygen atoms in total. The summed E-state index contributed by atoms with van der Waals surface area (Å²) in [5, 5.41) is 17.6. The maximum absolute atomic E-state index is 13.7. The number of likely N-dealkylation sites (N-methyl/N-ethyl adjacent to an activating group) is 1. The van der Waals surface area contributed by atoms with Crippen LogP contribution in [0.2, 0.25) is 5.15 Å². The Morgan fingerprint density at radius 1 is 1.21 bits per heavy atom. The third-order valence-electron chi connectivity index (χ3n) is 8.14. The minimum absolute atomic E-state index is 0.0926. The van der Waals surface area contributed by atoms with E-state index in [0.717, 1.165) is 25.7 Å². The third-order valence-corrected chi connectivity index (χ3v) is 8.58. The van der Waals surface area contributed by atoms with E-state index in [1.807, 2.05) is 20.8 Å². The van der Waals surface area contributed by atoms with Crippen LogP contribution < -0.4 is 5.32 Å². The molecular formula is C27H43ClN6O5. The molecule has 1 aliphatic heterocycles. The summed E-state index contributed by atoms with van der Waals surface area (Å²) in [7, 11) is 3.42. The molecule has 2 N–H and O–H groups in total. The number of aryl methyl sites for hydroxylation is 1. The Morgan fingerprint density at radius 3 is 2.33 bits per heavy atom. The number of nitrogens with one attached hydrogen (secondary N) is 1. The molecule has 2 heterocycles. The molecule has 3 rings (SSSR count). The zero-order valence-electron chi connectivity index (χ0n) is 23.7. The second kappa shape index (κ2) is 13.1. The van der Waals surface area contributed by atoms with Crippen LogP contribution in [0.15, 0.2) is 6.20 Å². The highest BCUT2D eigenvalue weighted by molar-refractivity contribution is 6.32. The van der Waals surface area contributed by atoms with E-state index in [1.54, 1.807) is 23.9 Å². The van der Waals surface area contributed by atoms with E-state index in [0.29, 0.717) is 60.5 Å². The van der Waals surface area contributed by atoms with Crippen LogP contribution in [0.3, 0.4) is 0 Å². The van der Waals surface area contributed by atoms with Gasteiger partial charge in [0, 0.05) is 33.2 Å². The van der Waals surface area contributed by atoms with Gasteiger partial charge in [0.2, 0.25) is 18.2 Å². The van der Waals surface area contributed by atoms with Crippen molar-refractivity contribution in [2.45, 2.75) is 77.8 Å². The van der Waals surface area contributed by atoms with E-state index in [9.17, 15) is 24.4 Å². The van der Waals surface area contributed by atoms with Gasteiger partial charge in [-0.25, -0.2) is 5.06 Å². The number of nitrogens with zero attached hydrogens (tertiary/aromatic N) is 5. The molecule has 2 fully saturated rings. The maximum atomic E-state index is 13.7. The molecular weight excluding hydrogens is 524 g/mol. The molecule has 2 aliphatic rings. The molecule has 1 saturated carbocycles. The van der Waals surface area contributed by atoms with Crippen molar-refractivity contribution in [1.29, 1.82) is 0 Å². The number of piperidine rings is 1. The number of halogens is 1. The molecule has 0 aromatic carbocycles. The van der Waals surface area contributed by atoms with Crippen LogP contribution in [0, 0.1) is 17.3 Å². The lowest BCUT2D eigenvalue weighted by atomic mass is 9.84. The number of aromatic nitrogens is 2. The highest BCUT2D eigenvalue weighted by Crippen LogP contribution is 2.31. The molecule has 1 aromatic heterocycles. The Hall–Kier alpha value is -2.66. The SMILES string of the molecule is CN(C(=O)[C@@H](NC(=O)[C@H](CC1CCCC1)CN(O)C=O)C(C)(C)C)C1CCN(C(=O)c2cnn(C)c2Cl)CC1. The first-order chi connectivity index (χ1) is 18.3. The number of hydrogen-bond donors (Lipinski definition) is 2. The highest BCUT2D eigenvalue weighted by atomic mass is 35.5. The van der Waals surface area contributed by atoms with Gasteiger partial charge in [-0.3, -0.25) is 29.1 Å². The first-order valence-corrected chi connectivity index (χ1v) is 14.2. The van der Waals surface area contributed by atoms with Crippen molar-refractivity contribution in [1.82, 2.24) is 30.0 Å². The van der Waals surface area contributed by atoms with Crippen LogP contribution in [0.5, 0.6) is 0 Å². The van der Waals surface area contributed by atoms with Crippen molar-refractivity contribution in [3.8, 4) is 0 Å². The summed E-state index contributed by atoms with van der Waals surface area (Å²) in [5.74, 6) is -0.964. The summed E-state index contributed by atoms with van der Waals surface area (Å²) >= 11 is 6.20. The predicted octanol–water partition coefficient (Wildman–Crippen LogP) is 2.71. The van der Waals surface area contributed by atoms with E-state index in [4.69, 9.17) is 11.6 Å². The fraction of sp³-hybridized carbons (Fsp3) is 0.741. The number of carbonyl (C=O) groups is 4. The molecule has 0 bridgehead atoms. The summed E-state index contributed by atoms with van der Waals surface area (Å²) in [6.45, 7) is 6.54. The van der Waals surface area contributed by atoms with Gasteiger partial charge in [0.15, 0.2) is 0 Å². The fourth-order valence-corrected chi connectivity index (χ4v) is 5.84. The Labute approximate surface area is 235 Å². The molecule has 1 aromatic rings. The van der Waals surface area contributed by atoms with Gasteiger partial charge >= 0.3 is 0 Å². The fourth-order valence-electron chi connectivity index (χ4n) is 5.67. The lowest BCUT2D eigenvalue weighted by molar-refractivity contribution is -0.156. The van der Waals surface area contributed by atoms with Gasteiger partial charge in [-0.05, 0) is 30.6 Å². The molecule has 4 amide bonds. The number of amides is 4. The van der Waals surface area contributed by atoms with Gasteiger partial charge in [0.1, 0.15) is 11.2 Å². The zero-order chi connectivity index (χ0) is 28.9. The van der Waals surface area contributed by atoms with Crippen LogP contribution >= 0.6 is 11.6 Å². The van der Waals surface area contributed by atoms with Gasteiger partial charge < -0.3 is 15.1 Å². The summed E-state index contributed by atoms with van der Waals surface area (Å²) in [5.41, 5.74) is -0.211. The van der Waals surface area contributed by atoms with Crippen molar-refractivity contribution in [2.24, 2.45) is 24.3 Å². The number of carbonyl (C=O) groups excluding carboxylic acids is 4. The Balaban J connectivity index is 1.65. The van der Waals surface area contributed by atoms with Crippen molar-refractivity contribution < 1.29 is 24.4 Å². The lowest BCUT2D eigenvalue weighted by Crippen LogP contribution is -2.58. The standard InChI is InChI=1S/C27H43ClN6O5/c1-27(2,3)22(30-24(36)19(16-34(39)17-35)14-18-8-6-7-9-18)26(38)31(4)20-10-12-33(13-11-20)25(37)21-15-29-32(5)23(21)28/h15,17-20,22,39H,6-14,16H2,1-5H3,(H,30,36)/t19-,22-/m1/s1. The Kier molecular flexibility index (Phi) is 10.4. The van der Waals surface area contributed by atoms with Crippen LogP contribution in [-0.2, 0) is 21.4 Å². The number of hydroxylamine groups is 2. The van der Waals surface area contributed by atoms with E-state index >= 15 is 0 Å². The summed E-state index contributed by atoms with van der Waals surface area (Å²) in [4.78, 5) is 54.6. The van der Waals surface area contributed by atoms with E-state index in [-0.39, 0.29) is 30.3 Å². The minimum atomic E-state index is -0.793. The Morgan fingerprint density at radius 2 is 1.82 bits per heavy atom. The lowest BCUT2D eigenvalue weighted by Gasteiger charge is -2.40. The van der Waals surface area contributed by atoms with E-state index < -0.39 is 17.4 Å². The van der Waals surface area contributed by atoms with Crippen LogP contribution in [0.4, 0.5) is 0 Å². The molecule has 0 unspecified atom stereocenters. The largest absolute Gasteiger partial charge is 0.344 e. The van der Waals surface area contributed by atoms with Crippen molar-refractivity contribution in [3.63, 3.8) is 0 Å². The first kappa shape index (κ1) is 30.9.